The molecular weight excluding hydrogens is 261 g/mol. The average molecular weight is 273 g/mol. The average Bonchev–Trinajstić information content (AvgIpc) is 2.64. The number of alkyl halides is 5. The van der Waals surface area contributed by atoms with Crippen molar-refractivity contribution in [3.8, 4) is 0 Å². The van der Waals surface area contributed by atoms with Crippen molar-refractivity contribution in [3.05, 3.63) is 11.8 Å². The fourth-order valence-electron chi connectivity index (χ4n) is 1.07. The van der Waals surface area contributed by atoms with Gasteiger partial charge in [0.1, 0.15) is 0 Å². The highest BCUT2D eigenvalue weighted by Gasteiger charge is 2.62. The molecular formula is C9H12F5N3O. The van der Waals surface area contributed by atoms with Crippen LogP contribution < -0.4 is 5.32 Å². The quantitative estimate of drug-likeness (QED) is 0.836. The van der Waals surface area contributed by atoms with Gasteiger partial charge in [-0.1, -0.05) is 13.8 Å². The van der Waals surface area contributed by atoms with E-state index in [-0.39, 0.29) is 18.4 Å². The highest BCUT2D eigenvalue weighted by Crippen LogP contribution is 2.42. The summed E-state index contributed by atoms with van der Waals surface area (Å²) >= 11 is 0. The van der Waals surface area contributed by atoms with Crippen molar-refractivity contribution < 1.29 is 26.4 Å². The van der Waals surface area contributed by atoms with Crippen LogP contribution in [0.15, 0.2) is 4.42 Å². The topological polar surface area (TPSA) is 51.0 Å². The first-order valence-corrected chi connectivity index (χ1v) is 5.15. The van der Waals surface area contributed by atoms with Crippen LogP contribution in [0.5, 0.6) is 0 Å². The van der Waals surface area contributed by atoms with Crippen LogP contribution in [0, 0.1) is 0 Å². The number of rotatable bonds is 5. The summed E-state index contributed by atoms with van der Waals surface area (Å²) in [6.07, 6.45) is -5.66. The number of nitrogens with zero attached hydrogens (tertiary/aromatic N) is 2. The molecule has 0 aromatic carbocycles. The van der Waals surface area contributed by atoms with Gasteiger partial charge in [-0.05, 0) is 0 Å². The Morgan fingerprint density at radius 2 is 1.78 bits per heavy atom. The Kier molecular flexibility index (Phi) is 4.25. The standard InChI is InChI=1S/C9H12F5N3O/c1-5(2)15-4-3-6-16-17-7(18-6)8(10,11)9(12,13)14/h5,15H,3-4H2,1-2H3. The molecule has 0 spiro atoms. The van der Waals surface area contributed by atoms with E-state index in [0.717, 1.165) is 0 Å². The molecule has 1 N–H and O–H groups in total. The third kappa shape index (κ3) is 3.37. The largest absolute Gasteiger partial charge is 0.463 e. The minimum atomic E-state index is -5.74. The molecule has 1 aromatic heterocycles. The molecule has 104 valence electrons. The number of aromatic nitrogens is 2. The molecule has 0 unspecified atom stereocenters. The summed E-state index contributed by atoms with van der Waals surface area (Å²) in [6, 6.07) is 0.156. The second-order valence-corrected chi connectivity index (χ2v) is 3.93. The Morgan fingerprint density at radius 3 is 2.28 bits per heavy atom. The van der Waals surface area contributed by atoms with E-state index in [9.17, 15) is 22.0 Å². The molecule has 9 heteroatoms. The number of hydrogen-bond donors (Lipinski definition) is 1. The zero-order valence-electron chi connectivity index (χ0n) is 9.68. The number of halogens is 5. The Hall–Kier alpha value is -1.25. The monoisotopic (exact) mass is 273 g/mol. The molecule has 0 amide bonds. The van der Waals surface area contributed by atoms with Gasteiger partial charge in [-0.3, -0.25) is 0 Å². The lowest BCUT2D eigenvalue weighted by Gasteiger charge is -2.14. The summed E-state index contributed by atoms with van der Waals surface area (Å²) in [5.41, 5.74) is 0. The lowest BCUT2D eigenvalue weighted by molar-refractivity contribution is -0.297. The lowest BCUT2D eigenvalue weighted by Crippen LogP contribution is -2.34. The summed E-state index contributed by atoms with van der Waals surface area (Å²) in [6.45, 7) is 4.06. The van der Waals surface area contributed by atoms with Gasteiger partial charge >= 0.3 is 12.1 Å². The fraction of sp³-hybridized carbons (Fsp3) is 0.778. The molecule has 4 nitrogen and oxygen atoms in total. The van der Waals surface area contributed by atoms with Crippen LogP contribution in [0.25, 0.3) is 0 Å². The van der Waals surface area contributed by atoms with Gasteiger partial charge in [-0.2, -0.15) is 22.0 Å². The van der Waals surface area contributed by atoms with Crippen molar-refractivity contribution in [1.82, 2.24) is 15.5 Å². The van der Waals surface area contributed by atoms with Crippen molar-refractivity contribution >= 4 is 0 Å². The van der Waals surface area contributed by atoms with Crippen LogP contribution in [0.2, 0.25) is 0 Å². The maximum Gasteiger partial charge on any atom is 0.463 e. The summed E-state index contributed by atoms with van der Waals surface area (Å²) < 4.78 is 65.9. The summed E-state index contributed by atoms with van der Waals surface area (Å²) in [4.78, 5) is 0. The van der Waals surface area contributed by atoms with E-state index in [1.54, 1.807) is 0 Å². The summed E-state index contributed by atoms with van der Waals surface area (Å²) in [7, 11) is 0. The van der Waals surface area contributed by atoms with Gasteiger partial charge in [-0.25, -0.2) is 0 Å². The van der Waals surface area contributed by atoms with Gasteiger partial charge in [0, 0.05) is 19.0 Å². The molecule has 0 radical (unpaired) electrons. The first-order valence-electron chi connectivity index (χ1n) is 5.15. The lowest BCUT2D eigenvalue weighted by atomic mass is 10.3. The van der Waals surface area contributed by atoms with E-state index in [4.69, 9.17) is 0 Å². The van der Waals surface area contributed by atoms with E-state index in [1.165, 1.54) is 0 Å². The number of nitrogens with one attached hydrogen (secondary N) is 1. The molecule has 1 aromatic rings. The maximum atomic E-state index is 12.8. The predicted octanol–water partition coefficient (Wildman–Crippen LogP) is 2.26. The SMILES string of the molecule is CC(C)NCCc1nnc(C(F)(F)C(F)(F)F)o1. The van der Waals surface area contributed by atoms with Crippen LogP contribution in [0.1, 0.15) is 25.6 Å². The molecule has 1 heterocycles. The van der Waals surface area contributed by atoms with Crippen molar-refractivity contribution in [1.29, 1.82) is 0 Å². The minimum absolute atomic E-state index is 0.0825. The van der Waals surface area contributed by atoms with Gasteiger partial charge in [0.15, 0.2) is 0 Å². The maximum absolute atomic E-state index is 12.8. The molecule has 0 aliphatic rings. The Bertz CT molecular complexity index is 388. The Balaban J connectivity index is 2.69. The van der Waals surface area contributed by atoms with Crippen LogP contribution in [0.4, 0.5) is 22.0 Å². The van der Waals surface area contributed by atoms with E-state index in [1.807, 2.05) is 13.8 Å². The molecule has 0 saturated carbocycles. The summed E-state index contributed by atoms with van der Waals surface area (Å²) in [5.74, 6) is -7.11. The molecule has 0 saturated heterocycles. The van der Waals surface area contributed by atoms with Gasteiger partial charge in [0.05, 0.1) is 0 Å². The third-order valence-corrected chi connectivity index (χ3v) is 1.98. The van der Waals surface area contributed by atoms with E-state index in [0.29, 0.717) is 6.54 Å². The van der Waals surface area contributed by atoms with Crippen molar-refractivity contribution in [2.45, 2.75) is 38.4 Å². The molecule has 0 aliphatic carbocycles. The smallest absolute Gasteiger partial charge is 0.419 e. The van der Waals surface area contributed by atoms with Gasteiger partial charge < -0.3 is 9.73 Å². The second kappa shape index (κ2) is 5.17. The molecule has 0 aliphatic heterocycles. The van der Waals surface area contributed by atoms with Crippen molar-refractivity contribution in [3.63, 3.8) is 0 Å². The normalized spacial score (nSPS) is 13.3. The first-order chi connectivity index (χ1) is 8.14. The molecule has 0 atom stereocenters. The minimum Gasteiger partial charge on any atom is -0.419 e. The predicted molar refractivity (Wildman–Crippen MR) is 51.1 cm³/mol. The number of hydrogen-bond acceptors (Lipinski definition) is 4. The van der Waals surface area contributed by atoms with Crippen LogP contribution in [0.3, 0.4) is 0 Å². The van der Waals surface area contributed by atoms with Crippen molar-refractivity contribution in [2.24, 2.45) is 0 Å². The molecule has 1 rings (SSSR count). The Labute approximate surface area is 99.6 Å². The highest BCUT2D eigenvalue weighted by atomic mass is 19.4. The molecule has 18 heavy (non-hydrogen) atoms. The van der Waals surface area contributed by atoms with E-state index in [2.05, 4.69) is 19.9 Å². The van der Waals surface area contributed by atoms with E-state index >= 15 is 0 Å². The van der Waals surface area contributed by atoms with Gasteiger partial charge in [0.2, 0.25) is 5.89 Å². The fourth-order valence-corrected chi connectivity index (χ4v) is 1.07. The summed E-state index contributed by atoms with van der Waals surface area (Å²) in [5, 5.41) is 8.83. The molecule has 0 fully saturated rings. The van der Waals surface area contributed by atoms with Crippen LogP contribution >= 0.6 is 0 Å². The van der Waals surface area contributed by atoms with E-state index < -0.39 is 18.0 Å². The molecule has 0 bridgehead atoms. The zero-order chi connectivity index (χ0) is 14.0. The Morgan fingerprint density at radius 1 is 1.17 bits per heavy atom. The van der Waals surface area contributed by atoms with Crippen molar-refractivity contribution in [2.75, 3.05) is 6.54 Å². The zero-order valence-corrected chi connectivity index (χ0v) is 9.68. The van der Waals surface area contributed by atoms with Gasteiger partial charge in [0.25, 0.3) is 5.89 Å². The van der Waals surface area contributed by atoms with Gasteiger partial charge in [-0.15, -0.1) is 10.2 Å². The van der Waals surface area contributed by atoms with Crippen LogP contribution in [-0.4, -0.2) is 29.0 Å². The highest BCUT2D eigenvalue weighted by molar-refractivity contribution is 4.96. The second-order valence-electron chi connectivity index (χ2n) is 3.93. The van der Waals surface area contributed by atoms with Crippen LogP contribution in [-0.2, 0) is 12.3 Å². The first kappa shape index (κ1) is 14.8. The third-order valence-electron chi connectivity index (χ3n) is 1.98.